The number of rotatable bonds is 3. The number of nitriles is 1. The Bertz CT molecular complexity index is 491. The maximum absolute atomic E-state index is 11.7. The Morgan fingerprint density at radius 3 is 2.68 bits per heavy atom. The van der Waals surface area contributed by atoms with Crippen LogP contribution in [0.15, 0.2) is 12.4 Å². The number of hydrogen-bond donors (Lipinski definition) is 0. The zero-order valence-corrected chi connectivity index (χ0v) is 10.7. The van der Waals surface area contributed by atoms with Gasteiger partial charge in [-0.1, -0.05) is 0 Å². The third kappa shape index (κ3) is 2.98. The minimum atomic E-state index is -0.0122. The first-order valence-electron chi connectivity index (χ1n) is 5.99. The van der Waals surface area contributed by atoms with Crippen molar-refractivity contribution in [3.63, 3.8) is 0 Å². The van der Waals surface area contributed by atoms with Crippen molar-refractivity contribution in [2.24, 2.45) is 0 Å². The second-order valence-electron chi connectivity index (χ2n) is 4.14. The Balaban J connectivity index is 2.00. The zero-order valence-electron chi connectivity index (χ0n) is 10.7. The molecule has 0 aromatic carbocycles. The summed E-state index contributed by atoms with van der Waals surface area (Å²) in [6.45, 7) is 2.59. The molecule has 7 heteroatoms. The molecule has 1 fully saturated rings. The molecular formula is C12H15N5O2. The van der Waals surface area contributed by atoms with E-state index in [-0.39, 0.29) is 12.5 Å². The van der Waals surface area contributed by atoms with Gasteiger partial charge in [-0.3, -0.25) is 4.79 Å². The number of ether oxygens (including phenoxy) is 1. The normalized spacial score (nSPS) is 15.2. The lowest BCUT2D eigenvalue weighted by Gasteiger charge is -2.35. The van der Waals surface area contributed by atoms with Crippen molar-refractivity contribution < 1.29 is 9.53 Å². The van der Waals surface area contributed by atoms with Crippen molar-refractivity contribution in [1.82, 2.24) is 14.9 Å². The van der Waals surface area contributed by atoms with Crippen LogP contribution in [0.3, 0.4) is 0 Å². The number of anilines is 1. The van der Waals surface area contributed by atoms with Gasteiger partial charge in [-0.2, -0.15) is 5.26 Å². The minimum Gasteiger partial charge on any atom is -0.375 e. The number of carbonyl (C=O) groups excluding carboxylic acids is 1. The summed E-state index contributed by atoms with van der Waals surface area (Å²) in [5.41, 5.74) is 0.319. The van der Waals surface area contributed by atoms with Gasteiger partial charge in [-0.05, 0) is 0 Å². The van der Waals surface area contributed by atoms with E-state index in [9.17, 15) is 4.79 Å². The third-order valence-electron chi connectivity index (χ3n) is 2.98. The van der Waals surface area contributed by atoms with E-state index < -0.39 is 0 Å². The maximum atomic E-state index is 11.7. The molecule has 1 aliphatic heterocycles. The average Bonchev–Trinajstić information content (AvgIpc) is 2.47. The molecule has 0 aliphatic carbocycles. The van der Waals surface area contributed by atoms with Gasteiger partial charge in [0.05, 0.1) is 0 Å². The van der Waals surface area contributed by atoms with Crippen molar-refractivity contribution in [2.45, 2.75) is 0 Å². The molecule has 1 saturated heterocycles. The summed E-state index contributed by atoms with van der Waals surface area (Å²) in [5, 5.41) is 9.00. The highest BCUT2D eigenvalue weighted by Gasteiger charge is 2.23. The van der Waals surface area contributed by atoms with Crippen LogP contribution in [0, 0.1) is 11.3 Å². The molecule has 7 nitrogen and oxygen atoms in total. The summed E-state index contributed by atoms with van der Waals surface area (Å²) >= 11 is 0. The minimum absolute atomic E-state index is 0.0122. The zero-order chi connectivity index (χ0) is 13.7. The second kappa shape index (κ2) is 6.11. The summed E-state index contributed by atoms with van der Waals surface area (Å²) in [4.78, 5) is 23.6. The summed E-state index contributed by atoms with van der Waals surface area (Å²) in [5.74, 6) is 0.575. The van der Waals surface area contributed by atoms with Crippen molar-refractivity contribution in [3.8, 4) is 6.07 Å². The molecule has 1 amide bonds. The van der Waals surface area contributed by atoms with Crippen LogP contribution >= 0.6 is 0 Å². The van der Waals surface area contributed by atoms with E-state index in [1.807, 2.05) is 11.0 Å². The molecular weight excluding hydrogens is 246 g/mol. The molecule has 0 N–H and O–H groups in total. The molecule has 0 atom stereocenters. The Morgan fingerprint density at radius 2 is 2.05 bits per heavy atom. The third-order valence-corrected chi connectivity index (χ3v) is 2.98. The van der Waals surface area contributed by atoms with Crippen molar-refractivity contribution in [1.29, 1.82) is 5.26 Å². The van der Waals surface area contributed by atoms with Gasteiger partial charge < -0.3 is 14.5 Å². The largest absolute Gasteiger partial charge is 0.375 e. The van der Waals surface area contributed by atoms with Gasteiger partial charge in [0, 0.05) is 45.7 Å². The molecule has 19 heavy (non-hydrogen) atoms. The highest BCUT2D eigenvalue weighted by atomic mass is 16.5. The Hall–Kier alpha value is -2.20. The van der Waals surface area contributed by atoms with Crippen LogP contribution in [-0.4, -0.2) is 60.7 Å². The van der Waals surface area contributed by atoms with Crippen LogP contribution in [0.2, 0.25) is 0 Å². The fourth-order valence-electron chi connectivity index (χ4n) is 2.02. The van der Waals surface area contributed by atoms with E-state index in [2.05, 4.69) is 9.97 Å². The number of nitrogens with zero attached hydrogens (tertiary/aromatic N) is 5. The second-order valence-corrected chi connectivity index (χ2v) is 4.14. The van der Waals surface area contributed by atoms with Crippen molar-refractivity contribution in [3.05, 3.63) is 18.1 Å². The fraction of sp³-hybridized carbons (Fsp3) is 0.500. The summed E-state index contributed by atoms with van der Waals surface area (Å²) < 4.78 is 4.83. The smallest absolute Gasteiger partial charge is 0.248 e. The molecule has 0 unspecified atom stereocenters. The van der Waals surface area contributed by atoms with Gasteiger partial charge in [0.2, 0.25) is 5.91 Å². The number of methoxy groups -OCH3 is 1. The van der Waals surface area contributed by atoms with Crippen LogP contribution in [0.4, 0.5) is 5.82 Å². The average molecular weight is 261 g/mol. The van der Waals surface area contributed by atoms with Crippen molar-refractivity contribution in [2.75, 3.05) is 44.8 Å². The predicted molar refractivity (Wildman–Crippen MR) is 67.4 cm³/mol. The number of carbonyl (C=O) groups is 1. The van der Waals surface area contributed by atoms with E-state index in [4.69, 9.17) is 10.00 Å². The number of amides is 1. The monoisotopic (exact) mass is 261 g/mol. The molecule has 0 radical (unpaired) electrons. The van der Waals surface area contributed by atoms with E-state index in [0.717, 1.165) is 0 Å². The van der Waals surface area contributed by atoms with E-state index in [1.54, 1.807) is 11.1 Å². The Kier molecular flexibility index (Phi) is 4.26. The molecule has 2 heterocycles. The van der Waals surface area contributed by atoms with Crippen LogP contribution in [0.1, 0.15) is 5.69 Å². The Morgan fingerprint density at radius 1 is 1.37 bits per heavy atom. The molecule has 1 aromatic rings. The van der Waals surface area contributed by atoms with Gasteiger partial charge in [0.1, 0.15) is 12.7 Å². The van der Waals surface area contributed by atoms with Gasteiger partial charge in [0.15, 0.2) is 11.5 Å². The van der Waals surface area contributed by atoms with Crippen LogP contribution in [0.25, 0.3) is 0 Å². The lowest BCUT2D eigenvalue weighted by molar-refractivity contribution is -0.135. The number of hydrogen-bond acceptors (Lipinski definition) is 6. The highest BCUT2D eigenvalue weighted by molar-refractivity contribution is 5.77. The number of aromatic nitrogens is 2. The first kappa shape index (κ1) is 13.2. The van der Waals surface area contributed by atoms with Crippen LogP contribution in [-0.2, 0) is 9.53 Å². The lowest BCUT2D eigenvalue weighted by Crippen LogP contribution is -2.50. The first-order valence-corrected chi connectivity index (χ1v) is 5.99. The summed E-state index contributed by atoms with van der Waals surface area (Å²) in [6, 6.07) is 2.03. The van der Waals surface area contributed by atoms with Gasteiger partial charge in [-0.15, -0.1) is 0 Å². The van der Waals surface area contributed by atoms with Gasteiger partial charge >= 0.3 is 0 Å². The molecule has 1 aromatic heterocycles. The molecule has 0 saturated carbocycles. The maximum Gasteiger partial charge on any atom is 0.248 e. The standard InChI is InChI=1S/C12H15N5O2/c1-19-9-11(18)16-4-6-17(7-5-16)12-10(8-13)14-2-3-15-12/h2-3H,4-7,9H2,1H3. The quantitative estimate of drug-likeness (QED) is 0.739. The topological polar surface area (TPSA) is 82.3 Å². The van der Waals surface area contributed by atoms with E-state index >= 15 is 0 Å². The lowest BCUT2D eigenvalue weighted by atomic mass is 10.3. The Labute approximate surface area is 111 Å². The van der Waals surface area contributed by atoms with Crippen molar-refractivity contribution >= 4 is 11.7 Å². The SMILES string of the molecule is COCC(=O)N1CCN(c2nccnc2C#N)CC1. The molecule has 2 rings (SSSR count). The van der Waals surface area contributed by atoms with Crippen LogP contribution in [0.5, 0.6) is 0 Å². The summed E-state index contributed by atoms with van der Waals surface area (Å²) in [6.07, 6.45) is 3.07. The summed E-state index contributed by atoms with van der Waals surface area (Å²) in [7, 11) is 1.51. The fourth-order valence-corrected chi connectivity index (χ4v) is 2.02. The van der Waals surface area contributed by atoms with E-state index in [0.29, 0.717) is 37.7 Å². The highest BCUT2D eigenvalue weighted by Crippen LogP contribution is 2.16. The van der Waals surface area contributed by atoms with Gasteiger partial charge in [0.25, 0.3) is 0 Å². The predicted octanol–water partition coefficient (Wildman–Crippen LogP) is -0.357. The van der Waals surface area contributed by atoms with E-state index in [1.165, 1.54) is 13.3 Å². The van der Waals surface area contributed by atoms with Gasteiger partial charge in [-0.25, -0.2) is 9.97 Å². The molecule has 1 aliphatic rings. The molecule has 0 bridgehead atoms. The molecule has 0 spiro atoms. The molecule has 100 valence electrons. The number of piperazine rings is 1. The van der Waals surface area contributed by atoms with Crippen LogP contribution < -0.4 is 4.90 Å². The first-order chi connectivity index (χ1) is 9.26.